The first kappa shape index (κ1) is 18.3. The van der Waals surface area contributed by atoms with Gasteiger partial charge >= 0.3 is 0 Å². The number of fused-ring (bicyclic) bond motifs is 1. The monoisotopic (exact) mass is 356 g/mol. The molecule has 0 saturated carbocycles. The molecule has 26 heavy (non-hydrogen) atoms. The number of aryl methyl sites for hydroxylation is 1. The third kappa shape index (κ3) is 3.69. The molecule has 0 aliphatic heterocycles. The summed E-state index contributed by atoms with van der Waals surface area (Å²) in [5.74, 6) is 0.989. The highest BCUT2D eigenvalue weighted by molar-refractivity contribution is 5.53. The Labute approximate surface area is 153 Å². The molecule has 2 aromatic rings. The van der Waals surface area contributed by atoms with Gasteiger partial charge in [0.1, 0.15) is 5.75 Å². The Morgan fingerprint density at radius 3 is 2.38 bits per heavy atom. The fourth-order valence-electron chi connectivity index (χ4n) is 3.48. The molecule has 0 heterocycles. The predicted octanol–water partition coefficient (Wildman–Crippen LogP) is 2.87. The van der Waals surface area contributed by atoms with Crippen LogP contribution in [0.4, 0.5) is 0 Å². The van der Waals surface area contributed by atoms with Crippen molar-refractivity contribution in [3.05, 3.63) is 59.2 Å². The lowest BCUT2D eigenvalue weighted by atomic mass is 9.77. The second kappa shape index (κ2) is 7.81. The lowest BCUT2D eigenvalue weighted by Gasteiger charge is -2.33. The van der Waals surface area contributed by atoms with Crippen LogP contribution >= 0.6 is 0 Å². The van der Waals surface area contributed by atoms with E-state index in [-0.39, 0.29) is 5.75 Å². The van der Waals surface area contributed by atoms with Crippen LogP contribution in [0.3, 0.4) is 0 Å². The quantitative estimate of drug-likeness (QED) is 0.768. The molecule has 0 spiro atoms. The summed E-state index contributed by atoms with van der Waals surface area (Å²) in [4.78, 5) is 0. The van der Waals surface area contributed by atoms with Crippen molar-refractivity contribution in [1.82, 2.24) is 0 Å². The molecule has 0 fully saturated rings. The Kier molecular flexibility index (Phi) is 5.49. The second-order valence-electron chi connectivity index (χ2n) is 6.48. The number of hydrogen-bond acceptors (Lipinski definition) is 5. The molecule has 138 valence electrons. The van der Waals surface area contributed by atoms with E-state index in [4.69, 9.17) is 9.47 Å². The number of aliphatic hydroxyl groups is 2. The van der Waals surface area contributed by atoms with E-state index in [0.717, 1.165) is 23.1 Å². The normalized spacial score (nSPS) is 20.6. The number of aromatic hydroxyl groups is 1. The van der Waals surface area contributed by atoms with E-state index in [1.807, 2.05) is 12.1 Å². The summed E-state index contributed by atoms with van der Waals surface area (Å²) in [5.41, 5.74) is 2.79. The van der Waals surface area contributed by atoms with Gasteiger partial charge in [0.2, 0.25) is 0 Å². The number of phenols is 1. The summed E-state index contributed by atoms with van der Waals surface area (Å²) in [6.07, 6.45) is 3.27. The van der Waals surface area contributed by atoms with E-state index < -0.39 is 18.1 Å². The minimum atomic E-state index is -0.851. The molecule has 0 bridgehead atoms. The van der Waals surface area contributed by atoms with Gasteiger partial charge in [-0.25, -0.2) is 0 Å². The molecule has 3 atom stereocenters. The fourth-order valence-corrected chi connectivity index (χ4v) is 3.48. The maximum Gasteiger partial charge on any atom is 0.161 e. The van der Waals surface area contributed by atoms with Crippen LogP contribution in [0.15, 0.2) is 42.5 Å². The van der Waals surface area contributed by atoms with Gasteiger partial charge in [0, 0.05) is 5.92 Å². The van der Waals surface area contributed by atoms with Crippen molar-refractivity contribution in [2.75, 3.05) is 14.2 Å². The molecule has 0 amide bonds. The Hall–Kier alpha value is -2.50. The zero-order valence-electron chi connectivity index (χ0n) is 14.9. The van der Waals surface area contributed by atoms with Gasteiger partial charge in [-0.05, 0) is 53.8 Å². The van der Waals surface area contributed by atoms with Crippen molar-refractivity contribution >= 4 is 6.08 Å². The van der Waals surface area contributed by atoms with E-state index in [2.05, 4.69) is 0 Å². The molecule has 2 aromatic carbocycles. The minimum Gasteiger partial charge on any atom is -0.508 e. The number of aliphatic hydroxyl groups excluding tert-OH is 2. The molecular weight excluding hydrogens is 332 g/mol. The molecule has 0 aromatic heterocycles. The first-order chi connectivity index (χ1) is 12.5. The SMILES string of the molecule is COc1cc2c(cc1OC)[C@H]([C@@H](O)C=Cc1ccc(O)cc1)[C@@H](O)CC2. The topological polar surface area (TPSA) is 79.2 Å². The van der Waals surface area contributed by atoms with Crippen molar-refractivity contribution < 1.29 is 24.8 Å². The van der Waals surface area contributed by atoms with Crippen molar-refractivity contribution in [2.45, 2.75) is 31.0 Å². The zero-order chi connectivity index (χ0) is 18.7. The molecule has 0 radical (unpaired) electrons. The van der Waals surface area contributed by atoms with E-state index in [9.17, 15) is 15.3 Å². The summed E-state index contributed by atoms with van der Waals surface area (Å²) in [6.45, 7) is 0. The Morgan fingerprint density at radius 2 is 1.73 bits per heavy atom. The first-order valence-corrected chi connectivity index (χ1v) is 8.61. The Bertz CT molecular complexity index is 782. The van der Waals surface area contributed by atoms with E-state index >= 15 is 0 Å². The van der Waals surface area contributed by atoms with E-state index in [1.54, 1.807) is 50.6 Å². The molecule has 1 aliphatic rings. The largest absolute Gasteiger partial charge is 0.508 e. The molecule has 5 heteroatoms. The number of methoxy groups -OCH3 is 2. The molecule has 3 rings (SSSR count). The molecule has 1 aliphatic carbocycles. The first-order valence-electron chi connectivity index (χ1n) is 8.61. The minimum absolute atomic E-state index is 0.195. The number of ether oxygens (including phenoxy) is 2. The summed E-state index contributed by atoms with van der Waals surface area (Å²) < 4.78 is 10.7. The number of hydrogen-bond donors (Lipinski definition) is 3. The maximum atomic E-state index is 10.7. The van der Waals surface area contributed by atoms with Gasteiger partial charge in [-0.1, -0.05) is 24.3 Å². The van der Waals surface area contributed by atoms with Crippen molar-refractivity contribution in [3.63, 3.8) is 0 Å². The highest BCUT2D eigenvalue weighted by Gasteiger charge is 2.33. The Morgan fingerprint density at radius 1 is 1.08 bits per heavy atom. The van der Waals surface area contributed by atoms with Gasteiger partial charge in [-0.3, -0.25) is 0 Å². The van der Waals surface area contributed by atoms with Crippen molar-refractivity contribution in [2.24, 2.45) is 0 Å². The number of rotatable bonds is 5. The number of phenolic OH excluding ortho intramolecular Hbond substituents is 1. The maximum absolute atomic E-state index is 10.7. The molecule has 3 N–H and O–H groups in total. The average molecular weight is 356 g/mol. The lowest BCUT2D eigenvalue weighted by Crippen LogP contribution is -2.33. The summed E-state index contributed by atoms with van der Waals surface area (Å²) in [7, 11) is 3.16. The molecular formula is C21H24O5. The van der Waals surface area contributed by atoms with E-state index in [0.29, 0.717) is 17.9 Å². The number of benzene rings is 2. The van der Waals surface area contributed by atoms with E-state index in [1.165, 1.54) is 0 Å². The van der Waals surface area contributed by atoms with Crippen LogP contribution < -0.4 is 9.47 Å². The second-order valence-corrected chi connectivity index (χ2v) is 6.48. The highest BCUT2D eigenvalue weighted by Crippen LogP contribution is 2.41. The lowest BCUT2D eigenvalue weighted by molar-refractivity contribution is 0.0640. The van der Waals surface area contributed by atoms with Gasteiger partial charge in [0.05, 0.1) is 26.4 Å². The van der Waals surface area contributed by atoms with Gasteiger partial charge in [0.25, 0.3) is 0 Å². The standard InChI is InChI=1S/C21H24O5/c1-25-19-11-14-6-10-18(24)21(16(14)12-20(19)26-2)17(23)9-5-13-3-7-15(22)8-4-13/h3-5,7-9,11-12,17-18,21-24H,6,10H2,1-2H3/t17-,18-,21+/m0/s1. The summed E-state index contributed by atoms with van der Waals surface area (Å²) in [5, 5.41) is 30.6. The van der Waals surface area contributed by atoms with Gasteiger partial charge < -0.3 is 24.8 Å². The third-order valence-corrected chi connectivity index (χ3v) is 4.88. The predicted molar refractivity (Wildman–Crippen MR) is 99.8 cm³/mol. The van der Waals surface area contributed by atoms with Crippen LogP contribution in [-0.2, 0) is 6.42 Å². The van der Waals surface area contributed by atoms with Crippen LogP contribution in [-0.4, -0.2) is 41.7 Å². The zero-order valence-corrected chi connectivity index (χ0v) is 14.9. The van der Waals surface area contributed by atoms with Gasteiger partial charge in [0.15, 0.2) is 11.5 Å². The van der Waals surface area contributed by atoms with Gasteiger partial charge in [-0.15, -0.1) is 0 Å². The van der Waals surface area contributed by atoms with Crippen LogP contribution in [0.2, 0.25) is 0 Å². The fraction of sp³-hybridized carbons (Fsp3) is 0.333. The third-order valence-electron chi connectivity index (χ3n) is 4.88. The van der Waals surface area contributed by atoms with Crippen molar-refractivity contribution in [1.29, 1.82) is 0 Å². The highest BCUT2D eigenvalue weighted by atomic mass is 16.5. The van der Waals surface area contributed by atoms with Crippen molar-refractivity contribution in [3.8, 4) is 17.2 Å². The van der Waals surface area contributed by atoms with Crippen LogP contribution in [0.25, 0.3) is 6.08 Å². The van der Waals surface area contributed by atoms with Crippen LogP contribution in [0.5, 0.6) is 17.2 Å². The Balaban J connectivity index is 1.90. The summed E-state index contributed by atoms with van der Waals surface area (Å²) >= 11 is 0. The summed E-state index contributed by atoms with van der Waals surface area (Å²) in [6, 6.07) is 10.5. The molecule has 0 unspecified atom stereocenters. The van der Waals surface area contributed by atoms with Crippen LogP contribution in [0, 0.1) is 0 Å². The molecule has 5 nitrogen and oxygen atoms in total. The molecule has 0 saturated heterocycles. The van der Waals surface area contributed by atoms with Gasteiger partial charge in [-0.2, -0.15) is 0 Å². The average Bonchev–Trinajstić information content (AvgIpc) is 2.66. The smallest absolute Gasteiger partial charge is 0.161 e. The van der Waals surface area contributed by atoms with Crippen LogP contribution in [0.1, 0.15) is 29.0 Å².